The second kappa shape index (κ2) is 13.8. The number of ether oxygens (including phenoxy) is 1. The first-order valence-electron chi connectivity index (χ1n) is 9.55. The van der Waals surface area contributed by atoms with E-state index in [9.17, 15) is 25.9 Å². The fourth-order valence-corrected chi connectivity index (χ4v) is 4.91. The van der Waals surface area contributed by atoms with Crippen molar-refractivity contribution in [2.24, 2.45) is 0 Å². The van der Waals surface area contributed by atoms with Gasteiger partial charge in [0.25, 0.3) is 0 Å². The summed E-state index contributed by atoms with van der Waals surface area (Å²) in [6.07, 6.45) is -0.0482. The van der Waals surface area contributed by atoms with Gasteiger partial charge in [-0.2, -0.15) is 0 Å². The summed E-state index contributed by atoms with van der Waals surface area (Å²) >= 11 is 0. The molecule has 0 saturated heterocycles. The van der Waals surface area contributed by atoms with Gasteiger partial charge >= 0.3 is 59.1 Å². The van der Waals surface area contributed by atoms with Gasteiger partial charge in [0, 0.05) is 25.4 Å². The van der Waals surface area contributed by atoms with Crippen molar-refractivity contribution in [2.45, 2.75) is 43.1 Å². The van der Waals surface area contributed by atoms with E-state index in [2.05, 4.69) is 4.90 Å². The average Bonchev–Trinajstić information content (AvgIpc) is 2.68. The molecule has 0 aliphatic rings. The number of hydrogen-bond acceptors (Lipinski definition) is 8. The van der Waals surface area contributed by atoms with E-state index in [0.29, 0.717) is 18.6 Å². The Kier molecular flexibility index (Phi) is 13.8. The van der Waals surface area contributed by atoms with E-state index < -0.39 is 36.1 Å². The molecule has 1 unspecified atom stereocenters. The van der Waals surface area contributed by atoms with Gasteiger partial charge in [-0.1, -0.05) is 25.1 Å². The molecule has 0 saturated carbocycles. The zero-order chi connectivity index (χ0) is 22.5. The molecule has 2 aromatic rings. The molecule has 1 atom stereocenters. The number of hydrogen-bond donors (Lipinski definition) is 0. The average molecular weight is 502 g/mol. The topological polar surface area (TPSA) is 127 Å². The van der Waals surface area contributed by atoms with Crippen LogP contribution in [0, 0.1) is 0 Å². The normalized spacial score (nSPS) is 12.4. The van der Waals surface area contributed by atoms with Gasteiger partial charge in [0.15, 0.2) is 0 Å². The van der Waals surface area contributed by atoms with Crippen LogP contribution in [0.1, 0.15) is 44.4 Å². The predicted octanol–water partition coefficient (Wildman–Crippen LogP) is -3.13. The number of rotatable bonds is 10. The molecular weight excluding hydrogens is 476 g/mol. The van der Waals surface area contributed by atoms with Crippen molar-refractivity contribution in [1.29, 1.82) is 0 Å². The van der Waals surface area contributed by atoms with Crippen molar-refractivity contribution in [1.82, 2.24) is 0 Å². The third kappa shape index (κ3) is 8.35. The van der Waals surface area contributed by atoms with Gasteiger partial charge in [0.05, 0.1) is 9.79 Å². The van der Waals surface area contributed by atoms with Crippen molar-refractivity contribution in [3.8, 4) is 0 Å². The predicted molar refractivity (Wildman–Crippen MR) is 110 cm³/mol. The third-order valence-corrected chi connectivity index (χ3v) is 6.52. The van der Waals surface area contributed by atoms with Crippen molar-refractivity contribution >= 4 is 25.9 Å². The molecule has 2 rings (SSSR count). The molecule has 0 N–H and O–H groups in total. The number of nitrogens with zero attached hydrogens (tertiary/aromatic N) is 1. The van der Waals surface area contributed by atoms with Crippen LogP contribution >= 0.6 is 0 Å². The first kappa shape index (κ1) is 32.0. The summed E-state index contributed by atoms with van der Waals surface area (Å²) < 4.78 is 74.9. The Labute approximate surface area is 234 Å². The van der Waals surface area contributed by atoms with Gasteiger partial charge < -0.3 is 18.7 Å². The molecule has 0 aliphatic carbocycles. The van der Waals surface area contributed by atoms with E-state index in [1.54, 1.807) is 0 Å². The maximum absolute atomic E-state index is 11.6. The van der Waals surface area contributed by atoms with Crippen LogP contribution in [0.2, 0.25) is 0 Å². The Bertz CT molecular complexity index is 1070. The molecule has 8 nitrogen and oxygen atoms in total. The molecular formula is C20H25NNa2O7S2. The van der Waals surface area contributed by atoms with Gasteiger partial charge in [-0.15, -0.1) is 0 Å². The minimum atomic E-state index is -5.19. The molecule has 166 valence electrons. The van der Waals surface area contributed by atoms with Gasteiger partial charge in [-0.05, 0) is 55.7 Å². The van der Waals surface area contributed by atoms with Crippen LogP contribution in [0.5, 0.6) is 0 Å². The van der Waals surface area contributed by atoms with Crippen LogP contribution in [0.15, 0.2) is 52.3 Å². The summed E-state index contributed by atoms with van der Waals surface area (Å²) in [5, 5.41) is 0. The molecule has 0 aliphatic heterocycles. The van der Waals surface area contributed by atoms with E-state index in [4.69, 9.17) is 4.74 Å². The van der Waals surface area contributed by atoms with Crippen LogP contribution in [0.3, 0.4) is 0 Å². The zero-order valence-electron chi connectivity index (χ0n) is 19.1. The monoisotopic (exact) mass is 501 g/mol. The summed E-state index contributed by atoms with van der Waals surface area (Å²) in [5.74, 6) is 0. The van der Waals surface area contributed by atoms with Crippen LogP contribution in [0.4, 0.5) is 5.69 Å². The zero-order valence-corrected chi connectivity index (χ0v) is 24.7. The second-order valence-electron chi connectivity index (χ2n) is 6.63. The Hall–Kier alpha value is 0.0200. The minimum Gasteiger partial charge on any atom is -0.744 e. The molecule has 12 heteroatoms. The summed E-state index contributed by atoms with van der Waals surface area (Å²) in [7, 11) is -10.3. The molecule has 0 aromatic heterocycles. The van der Waals surface area contributed by atoms with Gasteiger partial charge in [0.1, 0.15) is 26.3 Å². The quantitative estimate of drug-likeness (QED) is 0.247. The molecule has 0 spiro atoms. The molecule has 0 fully saturated rings. The summed E-state index contributed by atoms with van der Waals surface area (Å²) in [6, 6.07) is 10.5. The first-order valence-corrected chi connectivity index (χ1v) is 12.4. The third-order valence-electron chi connectivity index (χ3n) is 4.62. The van der Waals surface area contributed by atoms with Crippen molar-refractivity contribution in [3.05, 3.63) is 53.6 Å². The van der Waals surface area contributed by atoms with Gasteiger partial charge in [-0.25, -0.2) is 16.8 Å². The van der Waals surface area contributed by atoms with Crippen LogP contribution in [-0.2, 0) is 25.0 Å². The van der Waals surface area contributed by atoms with Crippen molar-refractivity contribution in [3.63, 3.8) is 0 Å². The Morgan fingerprint density at radius 1 is 0.812 bits per heavy atom. The molecule has 0 amide bonds. The smallest absolute Gasteiger partial charge is 0.744 e. The molecule has 0 heterocycles. The Morgan fingerprint density at radius 3 is 1.75 bits per heavy atom. The Morgan fingerprint density at radius 2 is 1.31 bits per heavy atom. The van der Waals surface area contributed by atoms with Crippen LogP contribution < -0.4 is 64.0 Å². The van der Waals surface area contributed by atoms with E-state index in [1.165, 1.54) is 6.07 Å². The summed E-state index contributed by atoms with van der Waals surface area (Å²) in [4.78, 5) is 0.0223. The second-order valence-corrected chi connectivity index (χ2v) is 9.33. The van der Waals surface area contributed by atoms with Crippen LogP contribution in [-0.4, -0.2) is 45.6 Å². The van der Waals surface area contributed by atoms with Gasteiger partial charge in [-0.3, -0.25) is 0 Å². The minimum absolute atomic E-state index is 0. The standard InChI is InChI=1S/C20H27NO7S2.2Na/c1-4-13-28-20(15-7-10-17(11-8-15)21(5-2)6-3)16-9-12-18(29(22,23)24)19(14-16)30(25,26)27;;/h7-12,14,20H,4-6,13H2,1-3H3,(H,22,23,24)(H,25,26,27);;/q;2*+1/p-2. The van der Waals surface area contributed by atoms with E-state index in [0.717, 1.165) is 30.9 Å². The molecule has 0 radical (unpaired) electrons. The Balaban J connectivity index is 0.00000480. The molecule has 2 aromatic carbocycles. The largest absolute Gasteiger partial charge is 1.00 e. The van der Waals surface area contributed by atoms with E-state index >= 15 is 0 Å². The fourth-order valence-electron chi connectivity index (χ4n) is 3.16. The SMILES string of the molecule is CCCOC(c1ccc(N(CC)CC)cc1)c1ccc(S(=O)(=O)[O-])c(S(=O)(=O)[O-])c1.[Na+].[Na+]. The molecule has 32 heavy (non-hydrogen) atoms. The summed E-state index contributed by atoms with van der Waals surface area (Å²) in [6.45, 7) is 8.01. The number of benzene rings is 2. The maximum atomic E-state index is 11.6. The van der Waals surface area contributed by atoms with Crippen molar-refractivity contribution in [2.75, 3.05) is 24.6 Å². The summed E-state index contributed by atoms with van der Waals surface area (Å²) in [5.41, 5.74) is 1.97. The fraction of sp³-hybridized carbons (Fsp3) is 0.400. The molecule has 0 bridgehead atoms. The van der Waals surface area contributed by atoms with E-state index in [-0.39, 0.29) is 64.7 Å². The first-order chi connectivity index (χ1) is 14.0. The number of anilines is 1. The van der Waals surface area contributed by atoms with Crippen LogP contribution in [0.25, 0.3) is 0 Å². The van der Waals surface area contributed by atoms with Gasteiger partial charge in [0.2, 0.25) is 0 Å². The van der Waals surface area contributed by atoms with Crippen molar-refractivity contribution < 1.29 is 89.8 Å². The van der Waals surface area contributed by atoms with E-state index in [1.807, 2.05) is 45.0 Å². The maximum Gasteiger partial charge on any atom is 1.00 e.